The lowest BCUT2D eigenvalue weighted by Gasteiger charge is -2.34. The lowest BCUT2D eigenvalue weighted by atomic mass is 10.1. The minimum Gasteiger partial charge on any atom is -0.373 e. The van der Waals surface area contributed by atoms with Crippen LogP contribution in [0.15, 0.2) is 30.5 Å². The molecule has 1 N–H and O–H groups in total. The van der Waals surface area contributed by atoms with Gasteiger partial charge >= 0.3 is 0 Å². The normalized spacial score (nSPS) is 24.1. The maximum absolute atomic E-state index is 12.5. The number of fused-ring (bicyclic) bond motifs is 1. The average Bonchev–Trinajstić information content (AvgIpc) is 2.81. The number of nitrogens with zero attached hydrogens (tertiary/aromatic N) is 1. The predicted molar refractivity (Wildman–Crippen MR) is 79.1 cm³/mol. The van der Waals surface area contributed by atoms with Crippen LogP contribution < -0.4 is 0 Å². The second-order valence-corrected chi connectivity index (χ2v) is 5.62. The number of carbonyl (C=O) groups excluding carboxylic acids is 1. The first-order chi connectivity index (χ1) is 9.63. The number of H-pyrrole nitrogens is 1. The molecule has 4 nitrogen and oxygen atoms in total. The first kappa shape index (κ1) is 13.3. The molecule has 3 rings (SSSR count). The molecule has 0 radical (unpaired) electrons. The molecule has 20 heavy (non-hydrogen) atoms. The Kier molecular flexibility index (Phi) is 3.59. The van der Waals surface area contributed by atoms with Crippen LogP contribution in [0.25, 0.3) is 10.9 Å². The summed E-state index contributed by atoms with van der Waals surface area (Å²) in [5.74, 6) is 0.170. The van der Waals surface area contributed by atoms with Crippen LogP contribution in [0.1, 0.15) is 24.2 Å². The molecule has 0 spiro atoms. The number of morpholine rings is 1. The van der Waals surface area contributed by atoms with E-state index in [9.17, 15) is 4.79 Å². The maximum Gasteiger partial charge on any atom is 0.178 e. The Balaban J connectivity index is 1.76. The molecule has 1 aromatic carbocycles. The van der Waals surface area contributed by atoms with Gasteiger partial charge in [-0.25, -0.2) is 0 Å². The van der Waals surface area contributed by atoms with Gasteiger partial charge in [-0.1, -0.05) is 18.2 Å². The van der Waals surface area contributed by atoms with Crippen LogP contribution >= 0.6 is 0 Å². The van der Waals surface area contributed by atoms with Crippen LogP contribution in [-0.2, 0) is 4.74 Å². The van der Waals surface area contributed by atoms with Crippen molar-refractivity contribution in [1.29, 1.82) is 0 Å². The fraction of sp³-hybridized carbons (Fsp3) is 0.438. The van der Waals surface area contributed by atoms with Crippen molar-refractivity contribution in [2.45, 2.75) is 26.1 Å². The Hall–Kier alpha value is -1.65. The van der Waals surface area contributed by atoms with Crippen molar-refractivity contribution < 1.29 is 9.53 Å². The zero-order valence-electron chi connectivity index (χ0n) is 11.9. The van der Waals surface area contributed by atoms with E-state index in [4.69, 9.17) is 4.74 Å². The first-order valence-electron chi connectivity index (χ1n) is 7.10. The Morgan fingerprint density at radius 1 is 1.30 bits per heavy atom. The number of aromatic nitrogens is 1. The molecule has 1 fully saturated rings. The number of benzene rings is 1. The first-order valence-corrected chi connectivity index (χ1v) is 7.10. The number of ether oxygens (including phenoxy) is 1. The number of rotatable bonds is 3. The summed E-state index contributed by atoms with van der Waals surface area (Å²) in [5, 5.41) is 1.01. The third-order valence-corrected chi connectivity index (χ3v) is 3.75. The van der Waals surface area contributed by atoms with E-state index in [1.807, 2.05) is 30.5 Å². The zero-order chi connectivity index (χ0) is 14.1. The van der Waals surface area contributed by atoms with Gasteiger partial charge in [0.25, 0.3) is 0 Å². The SMILES string of the molecule is C[C@@H]1CN(CC(=O)c2c[nH]c3ccccc23)C[C@H](C)O1. The molecule has 1 aliphatic heterocycles. The van der Waals surface area contributed by atoms with Gasteiger partial charge in [-0.15, -0.1) is 0 Å². The third kappa shape index (κ3) is 2.62. The van der Waals surface area contributed by atoms with Crippen LogP contribution in [0, 0.1) is 0 Å². The van der Waals surface area contributed by atoms with E-state index in [1.54, 1.807) is 0 Å². The second kappa shape index (κ2) is 5.38. The molecule has 0 unspecified atom stereocenters. The Morgan fingerprint density at radius 3 is 2.75 bits per heavy atom. The van der Waals surface area contributed by atoms with E-state index >= 15 is 0 Å². The molecule has 1 saturated heterocycles. The second-order valence-electron chi connectivity index (χ2n) is 5.62. The molecule has 4 heteroatoms. The van der Waals surface area contributed by atoms with Crippen LogP contribution in [0.3, 0.4) is 0 Å². The summed E-state index contributed by atoms with van der Waals surface area (Å²) in [4.78, 5) is 17.8. The number of aromatic amines is 1. The summed E-state index contributed by atoms with van der Waals surface area (Å²) >= 11 is 0. The van der Waals surface area contributed by atoms with Crippen LogP contribution in [-0.4, -0.2) is 47.5 Å². The van der Waals surface area contributed by atoms with Crippen molar-refractivity contribution in [3.05, 3.63) is 36.0 Å². The van der Waals surface area contributed by atoms with E-state index in [0.29, 0.717) is 6.54 Å². The van der Waals surface area contributed by atoms with E-state index < -0.39 is 0 Å². The highest BCUT2D eigenvalue weighted by atomic mass is 16.5. The fourth-order valence-corrected chi connectivity index (χ4v) is 3.00. The fourth-order valence-electron chi connectivity index (χ4n) is 3.00. The van der Waals surface area contributed by atoms with Crippen LogP contribution in [0.4, 0.5) is 0 Å². The smallest absolute Gasteiger partial charge is 0.178 e. The molecule has 0 bridgehead atoms. The molecule has 2 heterocycles. The highest BCUT2D eigenvalue weighted by molar-refractivity contribution is 6.08. The average molecular weight is 272 g/mol. The molecular weight excluding hydrogens is 252 g/mol. The van der Waals surface area contributed by atoms with Crippen molar-refractivity contribution in [2.75, 3.05) is 19.6 Å². The summed E-state index contributed by atoms with van der Waals surface area (Å²) in [6.45, 7) is 6.20. The number of ketones is 1. The highest BCUT2D eigenvalue weighted by Crippen LogP contribution is 2.19. The van der Waals surface area contributed by atoms with Gasteiger partial charge in [-0.3, -0.25) is 9.69 Å². The summed E-state index contributed by atoms with van der Waals surface area (Å²) < 4.78 is 5.70. The summed E-state index contributed by atoms with van der Waals surface area (Å²) in [6.07, 6.45) is 2.20. The highest BCUT2D eigenvalue weighted by Gasteiger charge is 2.24. The minimum atomic E-state index is 0.170. The molecule has 1 aromatic heterocycles. The van der Waals surface area contributed by atoms with Crippen LogP contribution in [0.2, 0.25) is 0 Å². The third-order valence-electron chi connectivity index (χ3n) is 3.75. The van der Waals surface area contributed by atoms with Gasteiger partial charge in [0, 0.05) is 35.8 Å². The number of carbonyl (C=O) groups is 1. The van der Waals surface area contributed by atoms with Gasteiger partial charge in [0.1, 0.15) is 0 Å². The Labute approximate surface area is 118 Å². The minimum absolute atomic E-state index is 0.170. The molecule has 0 saturated carbocycles. The quantitative estimate of drug-likeness (QED) is 0.873. The molecule has 2 atom stereocenters. The zero-order valence-corrected chi connectivity index (χ0v) is 11.9. The van der Waals surface area contributed by atoms with Crippen molar-refractivity contribution in [1.82, 2.24) is 9.88 Å². The Morgan fingerprint density at radius 2 is 2.00 bits per heavy atom. The summed E-state index contributed by atoms with van der Waals surface area (Å²) in [7, 11) is 0. The van der Waals surface area contributed by atoms with Gasteiger partial charge in [0.2, 0.25) is 0 Å². The molecule has 0 amide bonds. The van der Waals surface area contributed by atoms with Gasteiger partial charge in [-0.2, -0.15) is 0 Å². The predicted octanol–water partition coefficient (Wildman–Crippen LogP) is 2.46. The molecular formula is C16H20N2O2. The van der Waals surface area contributed by atoms with Crippen LogP contribution in [0.5, 0.6) is 0 Å². The Bertz CT molecular complexity index is 610. The van der Waals surface area contributed by atoms with Crippen molar-refractivity contribution >= 4 is 16.7 Å². The van der Waals surface area contributed by atoms with E-state index in [-0.39, 0.29) is 18.0 Å². The standard InChI is InChI=1S/C16H20N2O2/c1-11-8-18(9-12(2)20-11)10-16(19)14-7-17-15-6-4-3-5-13(14)15/h3-7,11-12,17H,8-10H2,1-2H3/t11-,12+. The monoisotopic (exact) mass is 272 g/mol. The van der Waals surface area contributed by atoms with Crippen molar-refractivity contribution in [3.8, 4) is 0 Å². The lowest BCUT2D eigenvalue weighted by molar-refractivity contribution is -0.0652. The molecule has 2 aromatic rings. The lowest BCUT2D eigenvalue weighted by Crippen LogP contribution is -2.47. The van der Waals surface area contributed by atoms with Gasteiger partial charge in [0.05, 0.1) is 18.8 Å². The number of hydrogen-bond donors (Lipinski definition) is 1. The van der Waals surface area contributed by atoms with Crippen molar-refractivity contribution in [2.24, 2.45) is 0 Å². The van der Waals surface area contributed by atoms with Crippen molar-refractivity contribution in [3.63, 3.8) is 0 Å². The summed E-state index contributed by atoms with van der Waals surface area (Å²) in [5.41, 5.74) is 1.80. The number of Topliss-reactive ketones (excluding diaryl/α,β-unsaturated/α-hetero) is 1. The topological polar surface area (TPSA) is 45.3 Å². The maximum atomic E-state index is 12.5. The number of nitrogens with one attached hydrogen (secondary N) is 1. The van der Waals surface area contributed by atoms with Gasteiger partial charge < -0.3 is 9.72 Å². The number of para-hydroxylation sites is 1. The van der Waals surface area contributed by atoms with E-state index in [2.05, 4.69) is 23.7 Å². The summed E-state index contributed by atoms with van der Waals surface area (Å²) in [6, 6.07) is 7.92. The van der Waals surface area contributed by atoms with E-state index in [0.717, 1.165) is 29.6 Å². The molecule has 106 valence electrons. The molecule has 1 aliphatic rings. The number of hydrogen-bond acceptors (Lipinski definition) is 3. The van der Waals surface area contributed by atoms with Gasteiger partial charge in [0.15, 0.2) is 5.78 Å². The largest absolute Gasteiger partial charge is 0.373 e. The van der Waals surface area contributed by atoms with E-state index in [1.165, 1.54) is 0 Å². The van der Waals surface area contributed by atoms with Gasteiger partial charge in [-0.05, 0) is 19.9 Å². The molecule has 0 aliphatic carbocycles.